The highest BCUT2D eigenvalue weighted by Gasteiger charge is 2.08. The molecule has 2 aromatic carbocycles. The summed E-state index contributed by atoms with van der Waals surface area (Å²) in [6.45, 7) is 2.60. The summed E-state index contributed by atoms with van der Waals surface area (Å²) in [4.78, 5) is 5.43. The number of para-hydroxylation sites is 2. The van der Waals surface area contributed by atoms with Gasteiger partial charge in [-0.05, 0) is 37.3 Å². The first-order valence-electron chi connectivity index (χ1n) is 6.76. The van der Waals surface area contributed by atoms with Crippen molar-refractivity contribution in [1.29, 1.82) is 0 Å². The van der Waals surface area contributed by atoms with Crippen molar-refractivity contribution in [1.82, 2.24) is 4.98 Å². The monoisotopic (exact) mass is 300 g/mol. The molecule has 0 amide bonds. The van der Waals surface area contributed by atoms with Crippen molar-refractivity contribution in [3.05, 3.63) is 48.4 Å². The van der Waals surface area contributed by atoms with Gasteiger partial charge in [0.2, 0.25) is 5.89 Å². The molecule has 0 unspecified atom stereocenters. The molecule has 1 heterocycles. The second-order valence-corrected chi connectivity index (χ2v) is 5.51. The number of benzene rings is 2. The Labute approximate surface area is 127 Å². The minimum Gasteiger partial charge on any atom is -0.494 e. The molecule has 3 aromatic rings. The third-order valence-corrected chi connectivity index (χ3v) is 4.04. The van der Waals surface area contributed by atoms with E-state index in [1.807, 2.05) is 49.4 Å². The van der Waals surface area contributed by atoms with E-state index in [-0.39, 0.29) is 0 Å². The largest absolute Gasteiger partial charge is 0.494 e. The van der Waals surface area contributed by atoms with Crippen LogP contribution >= 0.6 is 11.8 Å². The molecule has 4 nitrogen and oxygen atoms in total. The van der Waals surface area contributed by atoms with Gasteiger partial charge in [-0.3, -0.25) is 0 Å². The first-order chi connectivity index (χ1) is 10.3. The van der Waals surface area contributed by atoms with Crippen molar-refractivity contribution < 1.29 is 9.15 Å². The van der Waals surface area contributed by atoms with Crippen LogP contribution < -0.4 is 10.5 Å². The van der Waals surface area contributed by atoms with E-state index in [1.54, 1.807) is 11.8 Å². The van der Waals surface area contributed by atoms with Crippen molar-refractivity contribution in [2.45, 2.75) is 17.6 Å². The molecule has 0 saturated heterocycles. The molecule has 2 N–H and O–H groups in total. The highest BCUT2D eigenvalue weighted by molar-refractivity contribution is 7.98. The number of nitrogens with two attached hydrogens (primary N) is 1. The van der Waals surface area contributed by atoms with Crippen LogP contribution in [0.5, 0.6) is 5.75 Å². The smallest absolute Gasteiger partial charge is 0.205 e. The van der Waals surface area contributed by atoms with Gasteiger partial charge >= 0.3 is 0 Å². The lowest BCUT2D eigenvalue weighted by molar-refractivity contribution is 0.339. The molecule has 0 aliphatic rings. The maximum Gasteiger partial charge on any atom is 0.205 e. The number of hydrogen-bond acceptors (Lipinski definition) is 5. The van der Waals surface area contributed by atoms with E-state index < -0.39 is 0 Å². The second-order valence-electron chi connectivity index (χ2n) is 4.50. The molecule has 0 saturated carbocycles. The fraction of sp³-hybridized carbons (Fsp3) is 0.188. The van der Waals surface area contributed by atoms with Gasteiger partial charge in [-0.2, -0.15) is 0 Å². The van der Waals surface area contributed by atoms with Gasteiger partial charge in [-0.1, -0.05) is 12.1 Å². The molecular formula is C16H16N2O2S. The normalized spacial score (nSPS) is 10.9. The predicted molar refractivity (Wildman–Crippen MR) is 85.6 cm³/mol. The number of oxazole rings is 1. The summed E-state index contributed by atoms with van der Waals surface area (Å²) in [5, 5.41) is 0. The van der Waals surface area contributed by atoms with Gasteiger partial charge in [0.25, 0.3) is 0 Å². The summed E-state index contributed by atoms with van der Waals surface area (Å²) in [6, 6.07) is 13.4. The van der Waals surface area contributed by atoms with Crippen molar-refractivity contribution in [3.8, 4) is 5.75 Å². The molecule has 0 aliphatic carbocycles. The van der Waals surface area contributed by atoms with Crippen LogP contribution in [0, 0.1) is 0 Å². The van der Waals surface area contributed by atoms with E-state index in [9.17, 15) is 0 Å². The Morgan fingerprint density at radius 3 is 2.90 bits per heavy atom. The molecule has 0 bridgehead atoms. The third-order valence-electron chi connectivity index (χ3n) is 2.99. The number of rotatable bonds is 5. The van der Waals surface area contributed by atoms with E-state index in [1.165, 1.54) is 0 Å². The Balaban J connectivity index is 1.76. The fourth-order valence-electron chi connectivity index (χ4n) is 2.02. The predicted octanol–water partition coefficient (Wildman–Crippen LogP) is 4.10. The van der Waals surface area contributed by atoms with Crippen molar-refractivity contribution in [2.75, 3.05) is 12.3 Å². The summed E-state index contributed by atoms with van der Waals surface area (Å²) in [5.74, 6) is 2.16. The summed E-state index contributed by atoms with van der Waals surface area (Å²) >= 11 is 1.59. The second kappa shape index (κ2) is 6.10. The highest BCUT2D eigenvalue weighted by Crippen LogP contribution is 2.32. The zero-order chi connectivity index (χ0) is 14.7. The van der Waals surface area contributed by atoms with Crippen LogP contribution in [0.4, 0.5) is 5.69 Å². The average Bonchev–Trinajstić information content (AvgIpc) is 2.91. The van der Waals surface area contributed by atoms with Crippen LogP contribution in [-0.4, -0.2) is 11.6 Å². The lowest BCUT2D eigenvalue weighted by Crippen LogP contribution is -1.94. The number of thioether (sulfide) groups is 1. The molecule has 0 radical (unpaired) electrons. The Kier molecular flexibility index (Phi) is 4.01. The van der Waals surface area contributed by atoms with E-state index in [4.69, 9.17) is 14.9 Å². The van der Waals surface area contributed by atoms with E-state index in [0.29, 0.717) is 18.3 Å². The molecule has 21 heavy (non-hydrogen) atoms. The Hall–Kier alpha value is -2.14. The highest BCUT2D eigenvalue weighted by atomic mass is 32.2. The zero-order valence-electron chi connectivity index (χ0n) is 11.7. The van der Waals surface area contributed by atoms with Gasteiger partial charge in [0, 0.05) is 10.6 Å². The lowest BCUT2D eigenvalue weighted by atomic mass is 10.3. The molecule has 3 rings (SSSR count). The van der Waals surface area contributed by atoms with Crippen LogP contribution in [0.3, 0.4) is 0 Å². The van der Waals surface area contributed by atoms with E-state index in [2.05, 4.69) is 4.98 Å². The Morgan fingerprint density at radius 1 is 1.24 bits per heavy atom. The quantitative estimate of drug-likeness (QED) is 0.568. The van der Waals surface area contributed by atoms with E-state index >= 15 is 0 Å². The number of anilines is 1. The summed E-state index contributed by atoms with van der Waals surface area (Å²) < 4.78 is 11.2. The molecule has 0 aliphatic heterocycles. The van der Waals surface area contributed by atoms with Gasteiger partial charge in [-0.25, -0.2) is 4.98 Å². The first kappa shape index (κ1) is 13.8. The summed E-state index contributed by atoms with van der Waals surface area (Å²) in [7, 11) is 0. The number of nitrogen functional groups attached to an aromatic ring is 1. The van der Waals surface area contributed by atoms with Crippen molar-refractivity contribution in [3.63, 3.8) is 0 Å². The zero-order valence-corrected chi connectivity index (χ0v) is 12.5. The van der Waals surface area contributed by atoms with Crippen LogP contribution in [0.1, 0.15) is 12.8 Å². The molecule has 108 valence electrons. The molecule has 0 spiro atoms. The van der Waals surface area contributed by atoms with Crippen LogP contribution in [0.25, 0.3) is 11.1 Å². The van der Waals surface area contributed by atoms with Gasteiger partial charge < -0.3 is 14.9 Å². The molecule has 0 atom stereocenters. The van der Waals surface area contributed by atoms with Gasteiger partial charge in [0.15, 0.2) is 5.58 Å². The number of ether oxygens (including phenoxy) is 1. The van der Waals surface area contributed by atoms with Crippen LogP contribution in [0.2, 0.25) is 0 Å². The van der Waals surface area contributed by atoms with Gasteiger partial charge in [0.05, 0.1) is 12.4 Å². The first-order valence-corrected chi connectivity index (χ1v) is 7.74. The maximum atomic E-state index is 6.00. The lowest BCUT2D eigenvalue weighted by Gasteiger charge is -2.08. The van der Waals surface area contributed by atoms with Crippen LogP contribution in [-0.2, 0) is 5.75 Å². The number of nitrogens with zero attached hydrogens (tertiary/aromatic N) is 1. The third kappa shape index (κ3) is 3.13. The Bertz CT molecular complexity index is 722. The van der Waals surface area contributed by atoms with Crippen LogP contribution in [0.15, 0.2) is 51.8 Å². The molecule has 5 heteroatoms. The van der Waals surface area contributed by atoms with Crippen molar-refractivity contribution >= 4 is 28.5 Å². The van der Waals surface area contributed by atoms with Gasteiger partial charge in [-0.15, -0.1) is 11.8 Å². The number of hydrogen-bond donors (Lipinski definition) is 1. The number of aromatic nitrogens is 1. The van der Waals surface area contributed by atoms with E-state index in [0.717, 1.165) is 27.4 Å². The Morgan fingerprint density at radius 2 is 2.10 bits per heavy atom. The standard InChI is InChI=1S/C16H16N2O2S/c1-2-19-11-7-8-12(17)15(9-11)21-10-16-18-13-5-3-4-6-14(13)20-16/h3-9H,2,10,17H2,1H3. The maximum absolute atomic E-state index is 6.00. The molecule has 0 fully saturated rings. The molecular weight excluding hydrogens is 284 g/mol. The fourth-order valence-corrected chi connectivity index (χ4v) is 2.85. The van der Waals surface area contributed by atoms with Crippen molar-refractivity contribution in [2.24, 2.45) is 0 Å². The topological polar surface area (TPSA) is 61.3 Å². The SMILES string of the molecule is CCOc1ccc(N)c(SCc2nc3ccccc3o2)c1. The summed E-state index contributed by atoms with van der Waals surface area (Å²) in [5.41, 5.74) is 8.42. The molecule has 1 aromatic heterocycles. The average molecular weight is 300 g/mol. The number of fused-ring (bicyclic) bond motifs is 1. The van der Waals surface area contributed by atoms with Gasteiger partial charge in [0.1, 0.15) is 11.3 Å². The summed E-state index contributed by atoms with van der Waals surface area (Å²) in [6.07, 6.45) is 0. The minimum atomic E-state index is 0.633. The minimum absolute atomic E-state index is 0.633.